The van der Waals surface area contributed by atoms with E-state index in [1.165, 1.54) is 11.8 Å². The van der Waals surface area contributed by atoms with Crippen LogP contribution in [0.5, 0.6) is 0 Å². The summed E-state index contributed by atoms with van der Waals surface area (Å²) in [6, 6.07) is 6.37. The number of imide groups is 1. The van der Waals surface area contributed by atoms with Gasteiger partial charge in [0, 0.05) is 17.7 Å². The fourth-order valence-electron chi connectivity index (χ4n) is 2.37. The number of primary amides is 1. The number of halogens is 1. The molecule has 0 fully saturated rings. The Labute approximate surface area is 166 Å². The molecule has 1 heterocycles. The van der Waals surface area contributed by atoms with E-state index in [0.29, 0.717) is 29.2 Å². The average molecular weight is 412 g/mol. The monoisotopic (exact) mass is 411 g/mol. The van der Waals surface area contributed by atoms with Crippen LogP contribution >= 0.6 is 23.4 Å². The van der Waals surface area contributed by atoms with Gasteiger partial charge in [-0.2, -0.15) is 0 Å². The Hall–Kier alpha value is -2.10. The first-order chi connectivity index (χ1) is 12.8. The number of aromatic nitrogens is 3. The Bertz CT molecular complexity index is 794. The van der Waals surface area contributed by atoms with Crippen molar-refractivity contribution in [2.75, 3.05) is 13.7 Å². The lowest BCUT2D eigenvalue weighted by atomic mass is 10.1. The summed E-state index contributed by atoms with van der Waals surface area (Å²) in [4.78, 5) is 23.3. The van der Waals surface area contributed by atoms with Gasteiger partial charge >= 0.3 is 6.03 Å². The van der Waals surface area contributed by atoms with Crippen molar-refractivity contribution in [2.45, 2.75) is 30.8 Å². The molecule has 0 saturated carbocycles. The minimum Gasteiger partial charge on any atom is -0.383 e. The smallest absolute Gasteiger partial charge is 0.318 e. The lowest BCUT2D eigenvalue weighted by Gasteiger charge is -2.19. The van der Waals surface area contributed by atoms with Gasteiger partial charge in [-0.05, 0) is 30.2 Å². The molecule has 0 unspecified atom stereocenters. The number of rotatable bonds is 8. The number of urea groups is 1. The molecule has 27 heavy (non-hydrogen) atoms. The number of nitrogens with two attached hydrogens (primary N) is 1. The zero-order valence-electron chi connectivity index (χ0n) is 15.3. The predicted octanol–water partition coefficient (Wildman–Crippen LogP) is 2.56. The summed E-state index contributed by atoms with van der Waals surface area (Å²) in [6.45, 7) is 4.72. The molecule has 0 aliphatic heterocycles. The molecule has 1 atom stereocenters. The van der Waals surface area contributed by atoms with Crippen LogP contribution in [0.3, 0.4) is 0 Å². The van der Waals surface area contributed by atoms with Gasteiger partial charge in [0.15, 0.2) is 11.0 Å². The molecule has 0 aliphatic carbocycles. The average Bonchev–Trinajstić information content (AvgIpc) is 3.00. The van der Waals surface area contributed by atoms with Crippen LogP contribution in [0.25, 0.3) is 11.4 Å². The predicted molar refractivity (Wildman–Crippen MR) is 105 cm³/mol. The summed E-state index contributed by atoms with van der Waals surface area (Å²) in [7, 11) is 1.61. The molecule has 10 heteroatoms. The summed E-state index contributed by atoms with van der Waals surface area (Å²) in [5, 5.41) is 11.3. The Balaban J connectivity index is 2.35. The molecule has 3 N–H and O–H groups in total. The largest absolute Gasteiger partial charge is 0.383 e. The number of hydrogen-bond donors (Lipinski definition) is 2. The maximum absolute atomic E-state index is 12.3. The van der Waals surface area contributed by atoms with Crippen LogP contribution in [-0.4, -0.2) is 45.7 Å². The van der Waals surface area contributed by atoms with E-state index in [4.69, 9.17) is 22.1 Å². The first-order valence-corrected chi connectivity index (χ1v) is 9.54. The Kier molecular flexibility index (Phi) is 7.64. The molecule has 3 amide bonds. The van der Waals surface area contributed by atoms with E-state index in [9.17, 15) is 9.59 Å². The van der Waals surface area contributed by atoms with Crippen molar-refractivity contribution in [1.82, 2.24) is 20.1 Å². The summed E-state index contributed by atoms with van der Waals surface area (Å²) in [5.74, 6) is 0.127. The zero-order chi connectivity index (χ0) is 20.0. The minimum absolute atomic E-state index is 0.0547. The van der Waals surface area contributed by atoms with Gasteiger partial charge in [-0.15, -0.1) is 10.2 Å². The van der Waals surface area contributed by atoms with Gasteiger partial charge in [-0.1, -0.05) is 37.2 Å². The third-order valence-electron chi connectivity index (χ3n) is 3.68. The van der Waals surface area contributed by atoms with Crippen molar-refractivity contribution in [3.05, 3.63) is 29.3 Å². The van der Waals surface area contributed by atoms with Crippen LogP contribution in [0.4, 0.5) is 4.79 Å². The molecular weight excluding hydrogens is 390 g/mol. The summed E-state index contributed by atoms with van der Waals surface area (Å²) in [6.07, 6.45) is 0. The van der Waals surface area contributed by atoms with E-state index in [1.807, 2.05) is 30.5 Å². The van der Waals surface area contributed by atoms with Gasteiger partial charge in [0.25, 0.3) is 0 Å². The number of hydrogen-bond acceptors (Lipinski definition) is 6. The Morgan fingerprint density at radius 1 is 1.30 bits per heavy atom. The molecule has 0 aliphatic rings. The molecule has 1 aromatic carbocycles. The van der Waals surface area contributed by atoms with Crippen LogP contribution in [0.15, 0.2) is 29.4 Å². The first kappa shape index (κ1) is 21.2. The fourth-order valence-corrected chi connectivity index (χ4v) is 3.56. The molecule has 0 saturated heterocycles. The van der Waals surface area contributed by atoms with Crippen molar-refractivity contribution in [1.29, 1.82) is 0 Å². The summed E-state index contributed by atoms with van der Waals surface area (Å²) < 4.78 is 7.06. The summed E-state index contributed by atoms with van der Waals surface area (Å²) >= 11 is 7.19. The summed E-state index contributed by atoms with van der Waals surface area (Å²) in [5.41, 5.74) is 5.92. The minimum atomic E-state index is -0.881. The maximum Gasteiger partial charge on any atom is 0.318 e. The van der Waals surface area contributed by atoms with Crippen molar-refractivity contribution in [2.24, 2.45) is 11.7 Å². The topological polar surface area (TPSA) is 112 Å². The number of benzene rings is 1. The number of amides is 3. The van der Waals surface area contributed by atoms with E-state index < -0.39 is 17.2 Å². The van der Waals surface area contributed by atoms with Gasteiger partial charge in [0.2, 0.25) is 5.91 Å². The van der Waals surface area contributed by atoms with Crippen LogP contribution in [0, 0.1) is 5.92 Å². The Morgan fingerprint density at radius 2 is 1.96 bits per heavy atom. The molecule has 0 radical (unpaired) electrons. The third-order valence-corrected chi connectivity index (χ3v) is 5.46. The molecule has 146 valence electrons. The van der Waals surface area contributed by atoms with Crippen LogP contribution in [-0.2, 0) is 16.1 Å². The second-order valence-corrected chi connectivity index (χ2v) is 7.64. The van der Waals surface area contributed by atoms with Crippen LogP contribution in [0.1, 0.15) is 13.8 Å². The molecule has 0 bridgehead atoms. The number of ether oxygens (including phenoxy) is 1. The number of carbonyl (C=O) groups is 2. The van der Waals surface area contributed by atoms with Crippen molar-refractivity contribution < 1.29 is 14.3 Å². The molecule has 2 rings (SSSR count). The normalized spacial score (nSPS) is 12.2. The van der Waals surface area contributed by atoms with Crippen molar-refractivity contribution >= 4 is 35.3 Å². The number of thioether (sulfide) groups is 1. The first-order valence-electron chi connectivity index (χ1n) is 8.28. The number of carbonyl (C=O) groups excluding carboxylic acids is 2. The highest BCUT2D eigenvalue weighted by atomic mass is 35.5. The van der Waals surface area contributed by atoms with E-state index in [2.05, 4.69) is 15.5 Å². The van der Waals surface area contributed by atoms with E-state index >= 15 is 0 Å². The van der Waals surface area contributed by atoms with E-state index in [0.717, 1.165) is 5.56 Å². The highest BCUT2D eigenvalue weighted by Gasteiger charge is 2.27. The standard InChI is InChI=1S/C17H22ClN5O3S/c1-10(2)13(15(24)20-16(19)25)27-17-22-21-14(23(17)8-9-26-3)11-4-6-12(18)7-5-11/h4-7,10,13H,8-9H2,1-3H3,(H3,19,20,24,25)/t13-/m0/s1. The van der Waals surface area contributed by atoms with Gasteiger partial charge in [-0.25, -0.2) is 4.79 Å². The van der Waals surface area contributed by atoms with Crippen molar-refractivity contribution in [3.8, 4) is 11.4 Å². The number of nitrogens with zero attached hydrogens (tertiary/aromatic N) is 3. The number of methoxy groups -OCH3 is 1. The van der Waals surface area contributed by atoms with Crippen molar-refractivity contribution in [3.63, 3.8) is 0 Å². The zero-order valence-corrected chi connectivity index (χ0v) is 16.9. The molecule has 2 aromatic rings. The van der Waals surface area contributed by atoms with E-state index in [1.54, 1.807) is 19.2 Å². The Morgan fingerprint density at radius 3 is 2.52 bits per heavy atom. The van der Waals surface area contributed by atoms with Gasteiger partial charge < -0.3 is 10.5 Å². The van der Waals surface area contributed by atoms with Gasteiger partial charge in [0.05, 0.1) is 18.4 Å². The highest BCUT2D eigenvalue weighted by molar-refractivity contribution is 8.00. The lowest BCUT2D eigenvalue weighted by molar-refractivity contribution is -0.120. The molecule has 1 aromatic heterocycles. The molecule has 8 nitrogen and oxygen atoms in total. The number of nitrogens with one attached hydrogen (secondary N) is 1. The fraction of sp³-hybridized carbons (Fsp3) is 0.412. The molecule has 0 spiro atoms. The third kappa shape index (κ3) is 5.69. The van der Waals surface area contributed by atoms with E-state index in [-0.39, 0.29) is 5.92 Å². The van der Waals surface area contributed by atoms with Crippen LogP contribution in [0.2, 0.25) is 5.02 Å². The quantitative estimate of drug-likeness (QED) is 0.645. The second-order valence-electron chi connectivity index (χ2n) is 6.09. The lowest BCUT2D eigenvalue weighted by Crippen LogP contribution is -2.42. The van der Waals surface area contributed by atoms with Crippen LogP contribution < -0.4 is 11.1 Å². The highest BCUT2D eigenvalue weighted by Crippen LogP contribution is 2.30. The molecular formula is C17H22ClN5O3S. The SMILES string of the molecule is COCCn1c(S[C@H](C(=O)NC(N)=O)C(C)C)nnc1-c1ccc(Cl)cc1. The maximum atomic E-state index is 12.3. The van der Waals surface area contributed by atoms with Gasteiger partial charge in [0.1, 0.15) is 0 Å². The van der Waals surface area contributed by atoms with Gasteiger partial charge in [-0.3, -0.25) is 14.7 Å². The second kappa shape index (κ2) is 9.72.